The minimum absolute atomic E-state index is 0.0738. The fourth-order valence-electron chi connectivity index (χ4n) is 4.73. The molecule has 0 saturated heterocycles. The molecule has 0 saturated carbocycles. The Bertz CT molecular complexity index is 1540. The second-order valence-corrected chi connectivity index (χ2v) is 10.0. The number of anilines is 1. The summed E-state index contributed by atoms with van der Waals surface area (Å²) < 4.78 is 20.3. The van der Waals surface area contributed by atoms with Gasteiger partial charge in [0, 0.05) is 24.2 Å². The molecule has 41 heavy (non-hydrogen) atoms. The number of carbonyl (C=O) groups excluding carboxylic acids is 2. The third kappa shape index (κ3) is 7.07. The third-order valence-electron chi connectivity index (χ3n) is 6.89. The van der Waals surface area contributed by atoms with Gasteiger partial charge in [0.1, 0.15) is 5.82 Å². The number of nitrogens with zero attached hydrogens (tertiary/aromatic N) is 2. The molecule has 0 bridgehead atoms. The fraction of sp³-hybridized carbons (Fsp3) is 0.176. The molecule has 0 aliphatic carbocycles. The number of benzene rings is 4. The van der Waals surface area contributed by atoms with Gasteiger partial charge in [0.15, 0.2) is 11.5 Å². The van der Waals surface area contributed by atoms with E-state index in [1.807, 2.05) is 30.3 Å². The van der Waals surface area contributed by atoms with E-state index in [0.717, 1.165) is 19.5 Å². The third-order valence-corrected chi connectivity index (χ3v) is 6.89. The second-order valence-electron chi connectivity index (χ2n) is 10.0. The lowest BCUT2D eigenvalue weighted by Crippen LogP contribution is -2.37. The summed E-state index contributed by atoms with van der Waals surface area (Å²) in [5, 5.41) is 2.97. The minimum atomic E-state index is -0.372. The number of rotatable bonds is 10. The number of carbonyl (C=O) groups is 2. The summed E-state index contributed by atoms with van der Waals surface area (Å²) >= 11 is 0. The Kier molecular flexibility index (Phi) is 8.86. The maximum atomic E-state index is 14.4. The molecule has 4 aromatic carbocycles. The van der Waals surface area contributed by atoms with Crippen molar-refractivity contribution < 1.29 is 18.7 Å². The summed E-state index contributed by atoms with van der Waals surface area (Å²) in [6.07, 6.45) is 2.47. The smallest absolute Gasteiger partial charge is 0.294 e. The first kappa shape index (κ1) is 27.8. The highest BCUT2D eigenvalue weighted by Gasteiger charge is 2.30. The molecule has 0 aromatic heterocycles. The van der Waals surface area contributed by atoms with Crippen LogP contribution in [0.1, 0.15) is 33.5 Å². The molecule has 0 radical (unpaired) electrons. The molecule has 5 rings (SSSR count). The Labute approximate surface area is 239 Å². The SMILES string of the molecule is CN(CCCNC(=O)c1ccc(C=C2Oc3ccccc3N(Cc3ccccc3F)C2=O)cc1)Cc1ccccc1. The van der Waals surface area contributed by atoms with Gasteiger partial charge in [0.2, 0.25) is 0 Å². The van der Waals surface area contributed by atoms with Gasteiger partial charge >= 0.3 is 0 Å². The highest BCUT2D eigenvalue weighted by atomic mass is 19.1. The maximum Gasteiger partial charge on any atom is 0.294 e. The summed E-state index contributed by atoms with van der Waals surface area (Å²) in [5.41, 5.74) is 3.49. The Balaban J connectivity index is 1.20. The van der Waals surface area contributed by atoms with Crippen LogP contribution in [0.4, 0.5) is 10.1 Å². The summed E-state index contributed by atoms with van der Waals surface area (Å²) in [7, 11) is 2.07. The molecule has 1 N–H and O–H groups in total. The molecular weight excluding hydrogens is 517 g/mol. The van der Waals surface area contributed by atoms with Crippen LogP contribution in [-0.2, 0) is 17.9 Å². The predicted octanol–water partition coefficient (Wildman–Crippen LogP) is 6.04. The van der Waals surface area contributed by atoms with Crippen molar-refractivity contribution in [3.63, 3.8) is 0 Å². The van der Waals surface area contributed by atoms with Crippen molar-refractivity contribution in [2.45, 2.75) is 19.5 Å². The number of para-hydroxylation sites is 2. The van der Waals surface area contributed by atoms with E-state index in [2.05, 4.69) is 29.4 Å². The zero-order valence-electron chi connectivity index (χ0n) is 22.9. The molecule has 1 aliphatic rings. The number of hydrogen-bond donors (Lipinski definition) is 1. The van der Waals surface area contributed by atoms with E-state index < -0.39 is 0 Å². The molecule has 0 atom stereocenters. The summed E-state index contributed by atoms with van der Waals surface area (Å²) in [6.45, 7) is 2.38. The van der Waals surface area contributed by atoms with E-state index in [4.69, 9.17) is 4.74 Å². The molecule has 2 amide bonds. The van der Waals surface area contributed by atoms with E-state index >= 15 is 0 Å². The Morgan fingerprint density at radius 2 is 1.63 bits per heavy atom. The van der Waals surface area contributed by atoms with Crippen molar-refractivity contribution >= 4 is 23.6 Å². The first-order chi connectivity index (χ1) is 20.0. The van der Waals surface area contributed by atoms with Crippen LogP contribution in [0, 0.1) is 5.82 Å². The van der Waals surface area contributed by atoms with E-state index in [0.29, 0.717) is 34.7 Å². The molecule has 0 unspecified atom stereocenters. The molecular formula is C34H32FN3O3. The Morgan fingerprint density at radius 1 is 0.927 bits per heavy atom. The molecule has 1 heterocycles. The van der Waals surface area contributed by atoms with Crippen LogP contribution < -0.4 is 15.0 Å². The molecule has 0 fully saturated rings. The van der Waals surface area contributed by atoms with Gasteiger partial charge in [-0.3, -0.25) is 14.5 Å². The van der Waals surface area contributed by atoms with Gasteiger partial charge in [-0.25, -0.2) is 4.39 Å². The zero-order chi connectivity index (χ0) is 28.6. The molecule has 4 aromatic rings. The number of halogens is 1. The van der Waals surface area contributed by atoms with E-state index in [-0.39, 0.29) is 29.9 Å². The van der Waals surface area contributed by atoms with Crippen LogP contribution in [0.3, 0.4) is 0 Å². The predicted molar refractivity (Wildman–Crippen MR) is 159 cm³/mol. The zero-order valence-corrected chi connectivity index (χ0v) is 22.9. The van der Waals surface area contributed by atoms with E-state index in [9.17, 15) is 14.0 Å². The quantitative estimate of drug-likeness (QED) is 0.193. The summed E-state index contributed by atoms with van der Waals surface area (Å²) in [4.78, 5) is 29.8. The van der Waals surface area contributed by atoms with Crippen LogP contribution in [0.5, 0.6) is 5.75 Å². The highest BCUT2D eigenvalue weighted by molar-refractivity contribution is 6.09. The van der Waals surface area contributed by atoms with E-state index in [1.54, 1.807) is 60.7 Å². The lowest BCUT2D eigenvalue weighted by atomic mass is 10.1. The van der Waals surface area contributed by atoms with Crippen molar-refractivity contribution in [2.75, 3.05) is 25.0 Å². The van der Waals surface area contributed by atoms with Crippen LogP contribution in [0.25, 0.3) is 6.08 Å². The van der Waals surface area contributed by atoms with Crippen molar-refractivity contribution in [3.8, 4) is 5.75 Å². The van der Waals surface area contributed by atoms with Gasteiger partial charge in [-0.15, -0.1) is 0 Å². The van der Waals surface area contributed by atoms with Gasteiger partial charge in [-0.2, -0.15) is 0 Å². The van der Waals surface area contributed by atoms with Crippen LogP contribution in [0.2, 0.25) is 0 Å². The van der Waals surface area contributed by atoms with Crippen molar-refractivity contribution in [1.29, 1.82) is 0 Å². The van der Waals surface area contributed by atoms with Gasteiger partial charge in [0.25, 0.3) is 11.8 Å². The number of amides is 2. The van der Waals surface area contributed by atoms with Gasteiger partial charge in [-0.1, -0.05) is 72.8 Å². The number of nitrogens with one attached hydrogen (secondary N) is 1. The first-order valence-electron chi connectivity index (χ1n) is 13.6. The molecule has 7 heteroatoms. The number of fused-ring (bicyclic) bond motifs is 1. The Morgan fingerprint density at radius 3 is 2.41 bits per heavy atom. The van der Waals surface area contributed by atoms with Crippen LogP contribution in [-0.4, -0.2) is 36.9 Å². The first-order valence-corrected chi connectivity index (χ1v) is 13.6. The van der Waals surface area contributed by atoms with E-state index in [1.165, 1.54) is 16.5 Å². The maximum absolute atomic E-state index is 14.4. The standard InChI is InChI=1S/C34H32FN3O3/c1-37(23-26-10-3-2-4-11-26)21-9-20-36-33(39)27-18-16-25(17-19-27)22-32-34(40)38(24-28-12-5-6-13-29(28)35)30-14-7-8-15-31(30)41-32/h2-8,10-19,22H,9,20-21,23-24H2,1H3,(H,36,39). The molecule has 1 aliphatic heterocycles. The molecule has 6 nitrogen and oxygen atoms in total. The van der Waals surface area contributed by atoms with Crippen LogP contribution in [0.15, 0.2) is 109 Å². The van der Waals surface area contributed by atoms with Crippen molar-refractivity contribution in [3.05, 3.63) is 137 Å². The van der Waals surface area contributed by atoms with Gasteiger partial charge < -0.3 is 15.0 Å². The fourth-order valence-corrected chi connectivity index (χ4v) is 4.73. The summed E-state index contributed by atoms with van der Waals surface area (Å²) in [5.74, 6) is -0.254. The van der Waals surface area contributed by atoms with Gasteiger partial charge in [0.05, 0.1) is 12.2 Å². The number of hydrogen-bond acceptors (Lipinski definition) is 4. The van der Waals surface area contributed by atoms with Crippen molar-refractivity contribution in [2.24, 2.45) is 0 Å². The monoisotopic (exact) mass is 549 g/mol. The normalized spacial score (nSPS) is 13.7. The average Bonchev–Trinajstić information content (AvgIpc) is 2.99. The Hall–Kier alpha value is -4.75. The average molecular weight is 550 g/mol. The molecule has 208 valence electrons. The number of ether oxygens (including phenoxy) is 1. The topological polar surface area (TPSA) is 61.9 Å². The van der Waals surface area contributed by atoms with Crippen LogP contribution >= 0.6 is 0 Å². The highest BCUT2D eigenvalue weighted by Crippen LogP contribution is 2.36. The largest absolute Gasteiger partial charge is 0.449 e. The summed E-state index contributed by atoms with van der Waals surface area (Å²) in [6, 6.07) is 30.9. The minimum Gasteiger partial charge on any atom is -0.449 e. The van der Waals surface area contributed by atoms with Crippen molar-refractivity contribution in [1.82, 2.24) is 10.2 Å². The lowest BCUT2D eigenvalue weighted by Gasteiger charge is -2.30. The molecule has 0 spiro atoms. The lowest BCUT2D eigenvalue weighted by molar-refractivity contribution is -0.117. The second kappa shape index (κ2) is 13.1. The van der Waals surface area contributed by atoms with Gasteiger partial charge in [-0.05, 0) is 67.5 Å².